The standard InChI is InChI=1S/C20H19N3O3S/c1-12(2)26-19(24)17-13(3)23(16-6-4-14(10-21)5-7-16)20(25)22-18(17)15-8-9-27-11-15/h4-9,11-12,18H,1-3H3,(H,22,25)/t18-/m1/s1. The van der Waals surface area contributed by atoms with Gasteiger partial charge in [-0.15, -0.1) is 0 Å². The molecule has 0 spiro atoms. The number of esters is 1. The lowest BCUT2D eigenvalue weighted by Crippen LogP contribution is -2.48. The van der Waals surface area contributed by atoms with Gasteiger partial charge in [-0.25, -0.2) is 9.59 Å². The van der Waals surface area contributed by atoms with E-state index in [0.717, 1.165) is 5.56 Å². The zero-order valence-corrected chi connectivity index (χ0v) is 16.0. The highest BCUT2D eigenvalue weighted by molar-refractivity contribution is 7.08. The summed E-state index contributed by atoms with van der Waals surface area (Å²) in [6.45, 7) is 5.30. The summed E-state index contributed by atoms with van der Waals surface area (Å²) in [4.78, 5) is 27.1. The minimum Gasteiger partial charge on any atom is -0.459 e. The van der Waals surface area contributed by atoms with Crippen molar-refractivity contribution in [2.45, 2.75) is 32.9 Å². The predicted octanol–water partition coefficient (Wildman–Crippen LogP) is 4.12. The van der Waals surface area contributed by atoms with Crippen LogP contribution in [0, 0.1) is 11.3 Å². The Morgan fingerprint density at radius 3 is 2.56 bits per heavy atom. The lowest BCUT2D eigenvalue weighted by molar-refractivity contribution is -0.143. The molecule has 1 aromatic heterocycles. The Kier molecular flexibility index (Phi) is 5.28. The summed E-state index contributed by atoms with van der Waals surface area (Å²) in [7, 11) is 0. The van der Waals surface area contributed by atoms with Crippen LogP contribution in [0.15, 0.2) is 52.4 Å². The number of hydrogen-bond acceptors (Lipinski definition) is 5. The first-order valence-electron chi connectivity index (χ1n) is 8.47. The third kappa shape index (κ3) is 3.71. The Hall–Kier alpha value is -3.11. The molecule has 0 saturated carbocycles. The molecule has 3 rings (SSSR count). The fourth-order valence-electron chi connectivity index (χ4n) is 2.97. The van der Waals surface area contributed by atoms with E-state index in [1.165, 1.54) is 16.2 Å². The van der Waals surface area contributed by atoms with Gasteiger partial charge in [-0.05, 0) is 67.4 Å². The molecule has 1 N–H and O–H groups in total. The molecule has 1 aliphatic rings. The monoisotopic (exact) mass is 381 g/mol. The van der Waals surface area contributed by atoms with Gasteiger partial charge < -0.3 is 10.1 Å². The van der Waals surface area contributed by atoms with E-state index in [0.29, 0.717) is 22.5 Å². The molecular weight excluding hydrogens is 362 g/mol. The van der Waals surface area contributed by atoms with Gasteiger partial charge in [0.1, 0.15) is 0 Å². The number of nitriles is 1. The summed E-state index contributed by atoms with van der Waals surface area (Å²) in [6, 6.07) is 9.64. The summed E-state index contributed by atoms with van der Waals surface area (Å²) >= 11 is 1.49. The third-order valence-corrected chi connectivity index (χ3v) is 4.88. The normalized spacial score (nSPS) is 16.9. The Bertz CT molecular complexity index is 924. The van der Waals surface area contributed by atoms with Crippen molar-refractivity contribution < 1.29 is 14.3 Å². The molecule has 2 heterocycles. The molecule has 6 nitrogen and oxygen atoms in total. The number of anilines is 1. The number of amides is 2. The molecule has 0 saturated heterocycles. The third-order valence-electron chi connectivity index (χ3n) is 4.18. The smallest absolute Gasteiger partial charge is 0.338 e. The lowest BCUT2D eigenvalue weighted by Gasteiger charge is -2.35. The molecule has 1 aromatic carbocycles. The summed E-state index contributed by atoms with van der Waals surface area (Å²) in [5.41, 5.74) is 2.80. The van der Waals surface area contributed by atoms with Crippen LogP contribution >= 0.6 is 11.3 Å². The van der Waals surface area contributed by atoms with Crippen molar-refractivity contribution in [3.63, 3.8) is 0 Å². The van der Waals surface area contributed by atoms with E-state index in [1.54, 1.807) is 45.0 Å². The molecule has 138 valence electrons. The maximum atomic E-state index is 12.8. The molecule has 1 aliphatic heterocycles. The first kappa shape index (κ1) is 18.7. The van der Waals surface area contributed by atoms with Crippen LogP contribution in [-0.4, -0.2) is 18.1 Å². The minimum atomic E-state index is -0.565. The summed E-state index contributed by atoms with van der Waals surface area (Å²) < 4.78 is 5.43. The average molecular weight is 381 g/mol. The Morgan fingerprint density at radius 2 is 2.00 bits per heavy atom. The number of ether oxygens (including phenoxy) is 1. The number of thiophene rings is 1. The molecule has 0 bridgehead atoms. The van der Waals surface area contributed by atoms with E-state index in [2.05, 4.69) is 5.32 Å². The van der Waals surface area contributed by atoms with Gasteiger partial charge in [-0.1, -0.05) is 0 Å². The highest BCUT2D eigenvalue weighted by Gasteiger charge is 2.37. The van der Waals surface area contributed by atoms with Crippen LogP contribution in [0.2, 0.25) is 0 Å². The average Bonchev–Trinajstić information content (AvgIpc) is 3.15. The Morgan fingerprint density at radius 1 is 1.30 bits per heavy atom. The fraction of sp³-hybridized carbons (Fsp3) is 0.250. The van der Waals surface area contributed by atoms with E-state index in [4.69, 9.17) is 10.00 Å². The van der Waals surface area contributed by atoms with Gasteiger partial charge in [-0.2, -0.15) is 16.6 Å². The van der Waals surface area contributed by atoms with Gasteiger partial charge >= 0.3 is 12.0 Å². The number of rotatable bonds is 4. The molecule has 1 atom stereocenters. The van der Waals surface area contributed by atoms with Gasteiger partial charge in [0.25, 0.3) is 0 Å². The zero-order valence-electron chi connectivity index (χ0n) is 15.2. The number of urea groups is 1. The second-order valence-electron chi connectivity index (χ2n) is 6.39. The predicted molar refractivity (Wildman–Crippen MR) is 103 cm³/mol. The summed E-state index contributed by atoms with van der Waals surface area (Å²) in [5.74, 6) is -0.461. The molecular formula is C20H19N3O3S. The van der Waals surface area contributed by atoms with Crippen LogP contribution in [-0.2, 0) is 9.53 Å². The van der Waals surface area contributed by atoms with Gasteiger partial charge in [0.2, 0.25) is 0 Å². The topological polar surface area (TPSA) is 82.4 Å². The van der Waals surface area contributed by atoms with Crippen molar-refractivity contribution in [3.05, 3.63) is 63.5 Å². The van der Waals surface area contributed by atoms with Crippen molar-refractivity contribution in [3.8, 4) is 6.07 Å². The second-order valence-corrected chi connectivity index (χ2v) is 7.17. The van der Waals surface area contributed by atoms with Crippen LogP contribution in [0.4, 0.5) is 10.5 Å². The van der Waals surface area contributed by atoms with Crippen LogP contribution < -0.4 is 10.2 Å². The number of nitrogens with one attached hydrogen (secondary N) is 1. The quantitative estimate of drug-likeness (QED) is 0.808. The number of hydrogen-bond donors (Lipinski definition) is 1. The van der Waals surface area contributed by atoms with Crippen LogP contribution in [0.3, 0.4) is 0 Å². The molecule has 0 radical (unpaired) electrons. The van der Waals surface area contributed by atoms with E-state index in [9.17, 15) is 9.59 Å². The van der Waals surface area contributed by atoms with E-state index < -0.39 is 12.0 Å². The largest absolute Gasteiger partial charge is 0.459 e. The second kappa shape index (κ2) is 7.64. The van der Waals surface area contributed by atoms with Crippen LogP contribution in [0.5, 0.6) is 0 Å². The lowest BCUT2D eigenvalue weighted by atomic mass is 9.96. The molecule has 2 amide bonds. The van der Waals surface area contributed by atoms with Gasteiger partial charge in [0.15, 0.2) is 0 Å². The van der Waals surface area contributed by atoms with E-state index in [-0.39, 0.29) is 12.1 Å². The maximum absolute atomic E-state index is 12.8. The molecule has 2 aromatic rings. The van der Waals surface area contributed by atoms with E-state index in [1.807, 2.05) is 22.9 Å². The van der Waals surface area contributed by atoms with Crippen molar-refractivity contribution in [2.24, 2.45) is 0 Å². The highest BCUT2D eigenvalue weighted by Crippen LogP contribution is 2.35. The minimum absolute atomic E-state index is 0.276. The molecule has 0 unspecified atom stereocenters. The molecule has 0 aliphatic carbocycles. The number of nitrogens with zero attached hydrogens (tertiary/aromatic N) is 2. The highest BCUT2D eigenvalue weighted by atomic mass is 32.1. The molecule has 7 heteroatoms. The Balaban J connectivity index is 2.09. The van der Waals surface area contributed by atoms with Crippen LogP contribution in [0.1, 0.15) is 37.9 Å². The number of allylic oxidation sites excluding steroid dienone is 1. The number of carbonyl (C=O) groups excluding carboxylic acids is 2. The van der Waals surface area contributed by atoms with Crippen molar-refractivity contribution in [2.75, 3.05) is 4.90 Å². The number of benzene rings is 1. The van der Waals surface area contributed by atoms with Gasteiger partial charge in [-0.3, -0.25) is 4.90 Å². The molecule has 0 fully saturated rings. The van der Waals surface area contributed by atoms with E-state index >= 15 is 0 Å². The SMILES string of the molecule is CC1=C(C(=O)OC(C)C)[C@@H](c2ccsc2)NC(=O)N1c1ccc(C#N)cc1. The first-order chi connectivity index (χ1) is 12.9. The number of carbonyl (C=O) groups is 2. The van der Waals surface area contributed by atoms with Crippen LogP contribution in [0.25, 0.3) is 0 Å². The van der Waals surface area contributed by atoms with Crippen molar-refractivity contribution in [1.29, 1.82) is 5.26 Å². The summed E-state index contributed by atoms with van der Waals surface area (Å²) in [5, 5.41) is 15.7. The van der Waals surface area contributed by atoms with Crippen molar-refractivity contribution >= 4 is 29.0 Å². The fourth-order valence-corrected chi connectivity index (χ4v) is 3.66. The zero-order chi connectivity index (χ0) is 19.6. The molecule has 27 heavy (non-hydrogen) atoms. The first-order valence-corrected chi connectivity index (χ1v) is 9.41. The Labute approximate surface area is 161 Å². The van der Waals surface area contributed by atoms with Crippen molar-refractivity contribution in [1.82, 2.24) is 5.32 Å². The van der Waals surface area contributed by atoms with Gasteiger partial charge in [0, 0.05) is 5.70 Å². The van der Waals surface area contributed by atoms with Gasteiger partial charge in [0.05, 0.1) is 35.0 Å². The summed E-state index contributed by atoms with van der Waals surface area (Å²) in [6.07, 6.45) is -0.276. The maximum Gasteiger partial charge on any atom is 0.338 e.